The zero-order chi connectivity index (χ0) is 16.1. The Balaban J connectivity index is 2.52. The van der Waals surface area contributed by atoms with Crippen LogP contribution in [0.2, 0.25) is 0 Å². The third-order valence-corrected chi connectivity index (χ3v) is 2.98. The molecule has 2 rings (SSSR count). The van der Waals surface area contributed by atoms with Crippen LogP contribution in [0.5, 0.6) is 5.75 Å². The van der Waals surface area contributed by atoms with Gasteiger partial charge >= 0.3 is 5.97 Å². The van der Waals surface area contributed by atoms with Crippen molar-refractivity contribution in [2.24, 2.45) is 0 Å². The lowest BCUT2D eigenvalue weighted by molar-refractivity contribution is 0.0510. The zero-order valence-electron chi connectivity index (χ0n) is 12.2. The Bertz CT molecular complexity index is 731. The second-order valence-corrected chi connectivity index (χ2v) is 4.33. The van der Waals surface area contributed by atoms with Crippen molar-refractivity contribution in [3.63, 3.8) is 0 Å². The van der Waals surface area contributed by atoms with E-state index in [0.717, 1.165) is 0 Å². The number of carbonyl (C=O) groups excluding carboxylic acids is 1. The number of hydrogen-bond acceptors (Lipinski definition) is 6. The molecule has 0 unspecified atom stereocenters. The van der Waals surface area contributed by atoms with Gasteiger partial charge in [-0.3, -0.25) is 0 Å². The van der Waals surface area contributed by atoms with E-state index in [0.29, 0.717) is 11.4 Å². The summed E-state index contributed by atoms with van der Waals surface area (Å²) in [5.74, 6) is -0.0665. The number of esters is 1. The lowest BCUT2D eigenvalue weighted by Gasteiger charge is -2.10. The second-order valence-electron chi connectivity index (χ2n) is 4.33. The van der Waals surface area contributed by atoms with Crippen molar-refractivity contribution < 1.29 is 19.0 Å². The van der Waals surface area contributed by atoms with Gasteiger partial charge in [0.25, 0.3) is 0 Å². The molecule has 1 heterocycles. The first-order chi connectivity index (χ1) is 10.6. The number of carbonyl (C=O) groups is 1. The molecule has 0 aliphatic heterocycles. The van der Waals surface area contributed by atoms with Gasteiger partial charge in [0.05, 0.1) is 18.4 Å². The SMILES string of the molecule is COCOc1cccc(-n2cc(C#N)c(N)c2C(=O)OC)c1. The molecule has 2 aromatic rings. The van der Waals surface area contributed by atoms with Crippen molar-refractivity contribution >= 4 is 11.7 Å². The lowest BCUT2D eigenvalue weighted by atomic mass is 10.2. The van der Waals surface area contributed by atoms with E-state index in [2.05, 4.69) is 0 Å². The molecule has 0 radical (unpaired) electrons. The topological polar surface area (TPSA) is 99.5 Å². The molecular weight excluding hydrogens is 286 g/mol. The smallest absolute Gasteiger partial charge is 0.357 e. The van der Waals surface area contributed by atoms with Crippen LogP contribution in [0.15, 0.2) is 30.5 Å². The van der Waals surface area contributed by atoms with Gasteiger partial charge < -0.3 is 24.5 Å². The van der Waals surface area contributed by atoms with Crippen molar-refractivity contribution in [1.29, 1.82) is 5.26 Å². The average molecular weight is 301 g/mol. The Morgan fingerprint density at radius 1 is 1.41 bits per heavy atom. The molecule has 7 heteroatoms. The summed E-state index contributed by atoms with van der Waals surface area (Å²) in [7, 11) is 2.77. The van der Waals surface area contributed by atoms with Gasteiger partial charge in [-0.05, 0) is 12.1 Å². The fourth-order valence-electron chi connectivity index (χ4n) is 1.97. The number of benzene rings is 1. The number of anilines is 1. The number of rotatable bonds is 5. The Labute approximate surface area is 127 Å². The predicted octanol–water partition coefficient (Wildman–Crippen LogP) is 1.70. The maximum atomic E-state index is 11.9. The Morgan fingerprint density at radius 3 is 2.82 bits per heavy atom. The first-order valence-corrected chi connectivity index (χ1v) is 6.33. The van der Waals surface area contributed by atoms with Gasteiger partial charge in [0, 0.05) is 25.1 Å². The fraction of sp³-hybridized carbons (Fsp3) is 0.200. The summed E-state index contributed by atoms with van der Waals surface area (Å²) < 4.78 is 16.4. The van der Waals surface area contributed by atoms with Gasteiger partial charge in [0.2, 0.25) is 0 Å². The number of nitriles is 1. The van der Waals surface area contributed by atoms with Gasteiger partial charge in [-0.25, -0.2) is 4.79 Å². The van der Waals surface area contributed by atoms with E-state index in [1.54, 1.807) is 24.3 Å². The minimum atomic E-state index is -0.623. The number of nitrogens with two attached hydrogens (primary N) is 1. The van der Waals surface area contributed by atoms with Crippen LogP contribution in [0.4, 0.5) is 5.69 Å². The third-order valence-electron chi connectivity index (χ3n) is 2.98. The number of ether oxygens (including phenoxy) is 3. The number of hydrogen-bond donors (Lipinski definition) is 1. The molecule has 0 saturated heterocycles. The molecule has 7 nitrogen and oxygen atoms in total. The van der Waals surface area contributed by atoms with E-state index in [1.165, 1.54) is 25.0 Å². The summed E-state index contributed by atoms with van der Waals surface area (Å²) in [5.41, 5.74) is 6.84. The largest absolute Gasteiger partial charge is 0.467 e. The molecule has 114 valence electrons. The van der Waals surface area contributed by atoms with Crippen molar-refractivity contribution in [3.8, 4) is 17.5 Å². The minimum absolute atomic E-state index is 0.0811. The first kappa shape index (κ1) is 15.4. The molecule has 0 bridgehead atoms. The second kappa shape index (κ2) is 6.65. The molecule has 0 saturated carbocycles. The summed E-state index contributed by atoms with van der Waals surface area (Å²) in [6.45, 7) is 0.102. The quantitative estimate of drug-likeness (QED) is 0.666. The maximum Gasteiger partial charge on any atom is 0.357 e. The highest BCUT2D eigenvalue weighted by Crippen LogP contribution is 2.26. The highest BCUT2D eigenvalue weighted by Gasteiger charge is 2.21. The van der Waals surface area contributed by atoms with E-state index in [1.807, 2.05) is 6.07 Å². The normalized spacial score (nSPS) is 10.0. The number of nitrogens with zero attached hydrogens (tertiary/aromatic N) is 2. The minimum Gasteiger partial charge on any atom is -0.467 e. The first-order valence-electron chi connectivity index (χ1n) is 6.33. The Morgan fingerprint density at radius 2 is 2.18 bits per heavy atom. The Kier molecular flexibility index (Phi) is 4.66. The fourth-order valence-corrected chi connectivity index (χ4v) is 1.97. The Hall–Kier alpha value is -2.98. The molecule has 0 aliphatic rings. The van der Waals surface area contributed by atoms with Gasteiger partial charge in [0.1, 0.15) is 11.8 Å². The molecule has 1 aromatic carbocycles. The molecule has 0 atom stereocenters. The average Bonchev–Trinajstić information content (AvgIpc) is 2.89. The van der Waals surface area contributed by atoms with Crippen LogP contribution < -0.4 is 10.5 Å². The van der Waals surface area contributed by atoms with Crippen LogP contribution in [-0.4, -0.2) is 31.5 Å². The molecule has 0 spiro atoms. The van der Waals surface area contributed by atoms with Gasteiger partial charge in [-0.2, -0.15) is 5.26 Å². The van der Waals surface area contributed by atoms with Gasteiger partial charge in [0.15, 0.2) is 12.5 Å². The molecule has 2 N–H and O–H groups in total. The maximum absolute atomic E-state index is 11.9. The molecular formula is C15H15N3O4. The van der Waals surface area contributed by atoms with Crippen LogP contribution in [-0.2, 0) is 9.47 Å². The van der Waals surface area contributed by atoms with E-state index < -0.39 is 5.97 Å². The summed E-state index contributed by atoms with van der Waals surface area (Å²) in [6.07, 6.45) is 1.48. The van der Waals surface area contributed by atoms with Gasteiger partial charge in [-0.1, -0.05) is 6.07 Å². The molecule has 0 aliphatic carbocycles. The molecule has 0 fully saturated rings. The van der Waals surface area contributed by atoms with Gasteiger partial charge in [-0.15, -0.1) is 0 Å². The summed E-state index contributed by atoms with van der Waals surface area (Å²) in [5, 5.41) is 9.09. The monoisotopic (exact) mass is 301 g/mol. The number of aromatic nitrogens is 1. The van der Waals surface area contributed by atoms with Crippen LogP contribution in [0.25, 0.3) is 5.69 Å². The number of nitrogen functional groups attached to an aromatic ring is 1. The van der Waals surface area contributed by atoms with Crippen molar-refractivity contribution in [3.05, 3.63) is 41.7 Å². The predicted molar refractivity (Wildman–Crippen MR) is 78.7 cm³/mol. The van der Waals surface area contributed by atoms with Crippen molar-refractivity contribution in [1.82, 2.24) is 4.57 Å². The summed E-state index contributed by atoms with van der Waals surface area (Å²) >= 11 is 0. The summed E-state index contributed by atoms with van der Waals surface area (Å²) in [6, 6.07) is 8.91. The van der Waals surface area contributed by atoms with E-state index in [-0.39, 0.29) is 23.7 Å². The van der Waals surface area contributed by atoms with Crippen molar-refractivity contribution in [2.75, 3.05) is 26.7 Å². The van der Waals surface area contributed by atoms with E-state index in [9.17, 15) is 4.79 Å². The van der Waals surface area contributed by atoms with Crippen LogP contribution in [0.1, 0.15) is 16.1 Å². The zero-order valence-corrected chi connectivity index (χ0v) is 12.2. The summed E-state index contributed by atoms with van der Waals surface area (Å²) in [4.78, 5) is 11.9. The number of methoxy groups -OCH3 is 2. The molecule has 1 aromatic heterocycles. The third kappa shape index (κ3) is 2.87. The van der Waals surface area contributed by atoms with Crippen LogP contribution in [0.3, 0.4) is 0 Å². The van der Waals surface area contributed by atoms with Crippen LogP contribution >= 0.6 is 0 Å². The highest BCUT2D eigenvalue weighted by molar-refractivity contribution is 5.95. The van der Waals surface area contributed by atoms with Crippen LogP contribution in [0, 0.1) is 11.3 Å². The van der Waals surface area contributed by atoms with E-state index >= 15 is 0 Å². The highest BCUT2D eigenvalue weighted by atomic mass is 16.7. The van der Waals surface area contributed by atoms with Crippen molar-refractivity contribution in [2.45, 2.75) is 0 Å². The van der Waals surface area contributed by atoms with E-state index in [4.69, 9.17) is 25.2 Å². The molecule has 0 amide bonds. The molecule has 22 heavy (non-hydrogen) atoms. The lowest BCUT2D eigenvalue weighted by Crippen LogP contribution is -2.11. The standard InChI is InChI=1S/C15H15N3O4/c1-20-9-22-12-5-3-4-11(6-12)18-8-10(7-16)13(17)14(18)15(19)21-2/h3-6,8H,9,17H2,1-2H3.